The third-order valence-electron chi connectivity index (χ3n) is 4.59. The van der Waals surface area contributed by atoms with E-state index in [4.69, 9.17) is 10.5 Å². The van der Waals surface area contributed by atoms with Crippen molar-refractivity contribution in [3.05, 3.63) is 62.0 Å². The fourth-order valence-corrected chi connectivity index (χ4v) is 4.26. The molecule has 1 aliphatic rings. The van der Waals surface area contributed by atoms with Crippen LogP contribution in [-0.4, -0.2) is 24.2 Å². The molecular weight excluding hydrogens is 444 g/mol. The molecule has 0 saturated carbocycles. The van der Waals surface area contributed by atoms with Crippen LogP contribution in [-0.2, 0) is 17.8 Å². The molecule has 1 heterocycles. The molecule has 0 spiro atoms. The Kier molecular flexibility index (Phi) is 6.55. The molecule has 5 heteroatoms. The van der Waals surface area contributed by atoms with Gasteiger partial charge >= 0.3 is 0 Å². The lowest BCUT2D eigenvalue weighted by atomic mass is 10.1. The fraction of sp³-hybridized carbons (Fsp3) is 0.400. The Balaban J connectivity index is 1.79. The average Bonchev–Trinajstić information content (AvgIpc) is 3.06. The summed E-state index contributed by atoms with van der Waals surface area (Å²) in [5, 5.41) is 0. The van der Waals surface area contributed by atoms with Crippen molar-refractivity contribution in [2.45, 2.75) is 39.0 Å². The minimum atomic E-state index is 0.317. The summed E-state index contributed by atoms with van der Waals surface area (Å²) in [6.45, 7) is 5.59. The van der Waals surface area contributed by atoms with Gasteiger partial charge in [0, 0.05) is 40.9 Å². The number of nitrogens with two attached hydrogens (primary N) is 1. The summed E-state index contributed by atoms with van der Waals surface area (Å²) >= 11 is 7.26. The van der Waals surface area contributed by atoms with E-state index in [1.165, 1.54) is 11.1 Å². The second-order valence-electron chi connectivity index (χ2n) is 6.74. The molecule has 2 aromatic rings. The van der Waals surface area contributed by atoms with Gasteiger partial charge in [-0.15, -0.1) is 0 Å². The third-order valence-corrected chi connectivity index (χ3v) is 5.82. The normalized spacial score (nSPS) is 17.4. The average molecular weight is 468 g/mol. The molecule has 0 bridgehead atoms. The first-order chi connectivity index (χ1) is 12.0. The van der Waals surface area contributed by atoms with Crippen LogP contribution in [0.1, 0.15) is 29.5 Å². The van der Waals surface area contributed by atoms with Crippen LogP contribution < -0.4 is 5.73 Å². The van der Waals surface area contributed by atoms with Gasteiger partial charge in [0.1, 0.15) is 0 Å². The van der Waals surface area contributed by atoms with Crippen LogP contribution in [0.5, 0.6) is 0 Å². The summed E-state index contributed by atoms with van der Waals surface area (Å²) in [6, 6.07) is 12.6. The molecule has 1 atom stereocenters. The van der Waals surface area contributed by atoms with Gasteiger partial charge in [-0.05, 0) is 60.7 Å². The summed E-state index contributed by atoms with van der Waals surface area (Å²) < 4.78 is 8.09. The molecular formula is C20H24Br2N2O. The zero-order chi connectivity index (χ0) is 17.8. The van der Waals surface area contributed by atoms with E-state index in [0.29, 0.717) is 6.10 Å². The standard InChI is InChI=1S/C20H24Br2N2O/c1-14-4-5-15(19(22)9-14)11-24(13-18-3-2-8-25-18)12-16-10-17(21)6-7-20(16)23/h4-7,9-10,18H,2-3,8,11-13,23H2,1H3. The van der Waals surface area contributed by atoms with Gasteiger partial charge in [0.2, 0.25) is 0 Å². The van der Waals surface area contributed by atoms with Crippen molar-refractivity contribution in [3.8, 4) is 0 Å². The second kappa shape index (κ2) is 8.67. The summed E-state index contributed by atoms with van der Waals surface area (Å²) in [5.74, 6) is 0. The van der Waals surface area contributed by atoms with Gasteiger partial charge in [-0.3, -0.25) is 4.90 Å². The number of benzene rings is 2. The lowest BCUT2D eigenvalue weighted by Gasteiger charge is -2.26. The highest BCUT2D eigenvalue weighted by Gasteiger charge is 2.20. The molecule has 0 aromatic heterocycles. The van der Waals surface area contributed by atoms with Gasteiger partial charge in [-0.2, -0.15) is 0 Å². The van der Waals surface area contributed by atoms with Gasteiger partial charge < -0.3 is 10.5 Å². The molecule has 0 aliphatic carbocycles. The lowest BCUT2D eigenvalue weighted by Crippen LogP contribution is -2.31. The number of halogens is 2. The Morgan fingerprint density at radius 3 is 2.64 bits per heavy atom. The summed E-state index contributed by atoms with van der Waals surface area (Å²) in [7, 11) is 0. The van der Waals surface area contributed by atoms with Gasteiger partial charge in [-0.25, -0.2) is 0 Å². The molecule has 1 unspecified atom stereocenters. The van der Waals surface area contributed by atoms with Gasteiger partial charge in [-0.1, -0.05) is 44.0 Å². The predicted octanol–water partition coefficient (Wildman–Crippen LogP) is 5.28. The third kappa shape index (κ3) is 5.30. The molecule has 0 amide bonds. The minimum Gasteiger partial charge on any atom is -0.398 e. The van der Waals surface area contributed by atoms with Crippen molar-refractivity contribution in [3.63, 3.8) is 0 Å². The number of nitrogen functional groups attached to an aromatic ring is 1. The zero-order valence-electron chi connectivity index (χ0n) is 14.5. The first-order valence-electron chi connectivity index (χ1n) is 8.64. The molecule has 0 radical (unpaired) electrons. The number of rotatable bonds is 6. The highest BCUT2D eigenvalue weighted by Crippen LogP contribution is 2.25. The smallest absolute Gasteiger partial charge is 0.0703 e. The van der Waals surface area contributed by atoms with E-state index >= 15 is 0 Å². The fourth-order valence-electron chi connectivity index (χ4n) is 3.23. The van der Waals surface area contributed by atoms with Gasteiger partial charge in [0.15, 0.2) is 0 Å². The molecule has 25 heavy (non-hydrogen) atoms. The Labute approximate surface area is 166 Å². The molecule has 134 valence electrons. The summed E-state index contributed by atoms with van der Waals surface area (Å²) in [5.41, 5.74) is 10.7. The Morgan fingerprint density at radius 2 is 1.92 bits per heavy atom. The highest BCUT2D eigenvalue weighted by atomic mass is 79.9. The molecule has 2 N–H and O–H groups in total. The van der Waals surface area contributed by atoms with Crippen LogP contribution in [0, 0.1) is 6.92 Å². The Morgan fingerprint density at radius 1 is 1.12 bits per heavy atom. The van der Waals surface area contributed by atoms with E-state index in [0.717, 1.165) is 59.3 Å². The van der Waals surface area contributed by atoms with Crippen LogP contribution in [0.25, 0.3) is 0 Å². The van der Waals surface area contributed by atoms with Crippen LogP contribution in [0.4, 0.5) is 5.69 Å². The maximum Gasteiger partial charge on any atom is 0.0703 e. The van der Waals surface area contributed by atoms with Crippen molar-refractivity contribution in [2.24, 2.45) is 0 Å². The van der Waals surface area contributed by atoms with E-state index in [-0.39, 0.29) is 0 Å². The predicted molar refractivity (Wildman–Crippen MR) is 111 cm³/mol. The number of hydrogen-bond acceptors (Lipinski definition) is 3. The number of anilines is 1. The summed E-state index contributed by atoms with van der Waals surface area (Å²) in [4.78, 5) is 2.43. The Bertz CT molecular complexity index is 730. The van der Waals surface area contributed by atoms with Crippen molar-refractivity contribution in [1.29, 1.82) is 0 Å². The van der Waals surface area contributed by atoms with Crippen molar-refractivity contribution in [2.75, 3.05) is 18.9 Å². The van der Waals surface area contributed by atoms with Crippen molar-refractivity contribution >= 4 is 37.5 Å². The number of nitrogens with zero attached hydrogens (tertiary/aromatic N) is 1. The topological polar surface area (TPSA) is 38.5 Å². The quantitative estimate of drug-likeness (QED) is 0.587. The number of ether oxygens (including phenoxy) is 1. The molecule has 2 aromatic carbocycles. The highest BCUT2D eigenvalue weighted by molar-refractivity contribution is 9.10. The first kappa shape index (κ1) is 18.9. The first-order valence-corrected chi connectivity index (χ1v) is 10.2. The van der Waals surface area contributed by atoms with E-state index in [1.54, 1.807) is 0 Å². The molecule has 3 rings (SSSR count). The second-order valence-corrected chi connectivity index (χ2v) is 8.51. The van der Waals surface area contributed by atoms with Crippen LogP contribution in [0.3, 0.4) is 0 Å². The monoisotopic (exact) mass is 466 g/mol. The minimum absolute atomic E-state index is 0.317. The lowest BCUT2D eigenvalue weighted by molar-refractivity contribution is 0.0679. The SMILES string of the molecule is Cc1ccc(CN(Cc2cc(Br)ccc2N)CC2CCCO2)c(Br)c1. The van der Waals surface area contributed by atoms with E-state index in [9.17, 15) is 0 Å². The number of hydrogen-bond donors (Lipinski definition) is 1. The molecule has 3 nitrogen and oxygen atoms in total. The van der Waals surface area contributed by atoms with E-state index < -0.39 is 0 Å². The maximum atomic E-state index is 6.20. The van der Waals surface area contributed by atoms with E-state index in [2.05, 4.69) is 67.9 Å². The molecule has 1 saturated heterocycles. The van der Waals surface area contributed by atoms with Crippen molar-refractivity contribution in [1.82, 2.24) is 4.90 Å². The molecule has 1 fully saturated rings. The van der Waals surface area contributed by atoms with E-state index in [1.807, 2.05) is 12.1 Å². The van der Waals surface area contributed by atoms with Crippen LogP contribution in [0.2, 0.25) is 0 Å². The summed E-state index contributed by atoms with van der Waals surface area (Å²) in [6.07, 6.45) is 2.61. The Hall–Kier alpha value is -0.880. The van der Waals surface area contributed by atoms with Crippen LogP contribution in [0.15, 0.2) is 45.3 Å². The number of aryl methyl sites for hydroxylation is 1. The van der Waals surface area contributed by atoms with Gasteiger partial charge in [0.05, 0.1) is 6.10 Å². The van der Waals surface area contributed by atoms with Crippen molar-refractivity contribution < 1.29 is 4.74 Å². The molecule has 1 aliphatic heterocycles. The largest absolute Gasteiger partial charge is 0.398 e. The van der Waals surface area contributed by atoms with Gasteiger partial charge in [0.25, 0.3) is 0 Å². The van der Waals surface area contributed by atoms with Crippen LogP contribution >= 0.6 is 31.9 Å². The zero-order valence-corrected chi connectivity index (χ0v) is 17.6. The maximum absolute atomic E-state index is 6.20.